The molecule has 1 aliphatic rings. The Balaban J connectivity index is 3.44. The Hall–Kier alpha value is -1.28. The maximum atomic E-state index is 11.5. The van der Waals surface area contributed by atoms with Crippen LogP contribution in [0.2, 0.25) is 39.3 Å². The van der Waals surface area contributed by atoms with Crippen molar-refractivity contribution in [3.63, 3.8) is 0 Å². The molecule has 23 heavy (non-hydrogen) atoms. The third-order valence-corrected chi connectivity index (χ3v) is 7.00. The predicted octanol–water partition coefficient (Wildman–Crippen LogP) is 5.22. The number of rotatable bonds is 3. The van der Waals surface area contributed by atoms with Crippen LogP contribution in [0.15, 0.2) is 27.8 Å². The summed E-state index contributed by atoms with van der Waals surface area (Å²) < 4.78 is 5.52. The van der Waals surface area contributed by atoms with Gasteiger partial charge in [0.2, 0.25) is 0 Å². The first kappa shape index (κ1) is 19.8. The molecule has 0 aromatic rings. The summed E-state index contributed by atoms with van der Waals surface area (Å²) in [6.07, 6.45) is 2.97. The van der Waals surface area contributed by atoms with Crippen LogP contribution in [0, 0.1) is 11.5 Å². The Morgan fingerprint density at radius 3 is 2.13 bits per heavy atom. The molecule has 4 heteroatoms. The first-order valence-corrected chi connectivity index (χ1v) is 15.3. The van der Waals surface area contributed by atoms with Gasteiger partial charge in [-0.1, -0.05) is 50.9 Å². The summed E-state index contributed by atoms with van der Waals surface area (Å²) >= 11 is 0. The smallest absolute Gasteiger partial charge is 0.308 e. The minimum Gasteiger partial charge on any atom is -0.418 e. The lowest BCUT2D eigenvalue weighted by atomic mass is 10.1. The van der Waals surface area contributed by atoms with Crippen molar-refractivity contribution >= 4 is 22.1 Å². The van der Waals surface area contributed by atoms with E-state index in [1.807, 2.05) is 0 Å². The van der Waals surface area contributed by atoms with E-state index in [1.54, 1.807) is 0 Å². The van der Waals surface area contributed by atoms with Crippen LogP contribution in [0.1, 0.15) is 33.1 Å². The molecule has 0 spiro atoms. The highest BCUT2D eigenvalue weighted by atomic mass is 28.3. The molecule has 0 radical (unpaired) electrons. The Kier molecular flexibility index (Phi) is 6.47. The minimum absolute atomic E-state index is 0.284. The first-order valence-electron chi connectivity index (χ1n) is 8.32. The van der Waals surface area contributed by atoms with Crippen molar-refractivity contribution in [2.75, 3.05) is 0 Å². The van der Waals surface area contributed by atoms with E-state index in [0.717, 1.165) is 30.4 Å². The molecule has 0 saturated heterocycles. The molecule has 0 fully saturated rings. The first-order chi connectivity index (χ1) is 10.4. The Labute approximate surface area is 143 Å². The maximum absolute atomic E-state index is 11.5. The topological polar surface area (TPSA) is 26.3 Å². The van der Waals surface area contributed by atoms with Crippen LogP contribution in [0.3, 0.4) is 0 Å². The van der Waals surface area contributed by atoms with Gasteiger partial charge in [0, 0.05) is 18.1 Å². The van der Waals surface area contributed by atoms with Gasteiger partial charge < -0.3 is 4.74 Å². The lowest BCUT2D eigenvalue weighted by Gasteiger charge is -2.15. The molecule has 0 heterocycles. The van der Waals surface area contributed by atoms with Gasteiger partial charge in [-0.05, 0) is 31.4 Å². The van der Waals surface area contributed by atoms with Crippen molar-refractivity contribution in [1.82, 2.24) is 0 Å². The van der Waals surface area contributed by atoms with Crippen LogP contribution in [0.25, 0.3) is 0 Å². The molecular formula is C19H30O2Si2. The molecule has 0 atom stereocenters. The lowest BCUT2D eigenvalue weighted by molar-refractivity contribution is -0.136. The highest BCUT2D eigenvalue weighted by Crippen LogP contribution is 2.32. The van der Waals surface area contributed by atoms with E-state index in [4.69, 9.17) is 4.74 Å². The third kappa shape index (κ3) is 6.78. The second-order valence-corrected chi connectivity index (χ2v) is 18.2. The summed E-state index contributed by atoms with van der Waals surface area (Å²) in [6, 6.07) is 0. The molecule has 1 rings (SSSR count). The molecule has 0 saturated carbocycles. The summed E-state index contributed by atoms with van der Waals surface area (Å²) in [5.74, 6) is 3.70. The van der Waals surface area contributed by atoms with Gasteiger partial charge in [-0.15, -0.1) is 5.54 Å². The van der Waals surface area contributed by atoms with Gasteiger partial charge in [0.1, 0.15) is 8.07 Å². The molecule has 0 aliphatic heterocycles. The molecule has 2 nitrogen and oxygen atoms in total. The van der Waals surface area contributed by atoms with E-state index in [9.17, 15) is 4.79 Å². The van der Waals surface area contributed by atoms with Crippen molar-refractivity contribution in [1.29, 1.82) is 0 Å². The summed E-state index contributed by atoms with van der Waals surface area (Å²) in [4.78, 5) is 11.5. The number of hydrogen-bond donors (Lipinski definition) is 0. The number of hydrogen-bond acceptors (Lipinski definition) is 2. The molecule has 126 valence electrons. The predicted molar refractivity (Wildman–Crippen MR) is 103 cm³/mol. The fourth-order valence-electron chi connectivity index (χ4n) is 2.06. The summed E-state index contributed by atoms with van der Waals surface area (Å²) in [6.45, 7) is 17.1. The van der Waals surface area contributed by atoms with Gasteiger partial charge in [-0.3, -0.25) is 4.79 Å². The summed E-state index contributed by atoms with van der Waals surface area (Å²) in [7, 11) is -2.87. The van der Waals surface area contributed by atoms with E-state index in [0.29, 0.717) is 5.76 Å². The fourth-order valence-corrected chi connectivity index (χ4v) is 3.07. The van der Waals surface area contributed by atoms with E-state index in [-0.39, 0.29) is 5.97 Å². The number of ether oxygens (including phenoxy) is 1. The van der Waals surface area contributed by atoms with Crippen molar-refractivity contribution in [3.05, 3.63) is 27.8 Å². The van der Waals surface area contributed by atoms with Gasteiger partial charge >= 0.3 is 5.97 Å². The van der Waals surface area contributed by atoms with Crippen LogP contribution in [0.4, 0.5) is 0 Å². The van der Waals surface area contributed by atoms with E-state index >= 15 is 0 Å². The number of carbonyl (C=O) groups is 1. The van der Waals surface area contributed by atoms with E-state index in [1.165, 1.54) is 12.1 Å². The van der Waals surface area contributed by atoms with Gasteiger partial charge in [0.05, 0.1) is 8.07 Å². The van der Waals surface area contributed by atoms with E-state index in [2.05, 4.69) is 63.4 Å². The zero-order valence-electron chi connectivity index (χ0n) is 15.9. The molecule has 0 amide bonds. The fraction of sp³-hybridized carbons (Fsp3) is 0.579. The normalized spacial score (nSPS) is 14.8. The summed E-state index contributed by atoms with van der Waals surface area (Å²) in [5.41, 5.74) is 9.06. The highest BCUT2D eigenvalue weighted by Gasteiger charge is 2.22. The molecular weight excluding hydrogens is 316 g/mol. The zero-order valence-corrected chi connectivity index (χ0v) is 17.9. The van der Waals surface area contributed by atoms with Gasteiger partial charge in [0.15, 0.2) is 5.76 Å². The standard InChI is InChI=1S/C19H30O2Si2/c1-15(23(6,7)8)14-19(21-16(2)20)18-11-9-10-17(18)12-13-22(3,4)5/h9-11H2,1-8H3. The van der Waals surface area contributed by atoms with Crippen LogP contribution < -0.4 is 0 Å². The highest BCUT2D eigenvalue weighted by molar-refractivity contribution is 6.84. The largest absolute Gasteiger partial charge is 0.418 e. The van der Waals surface area contributed by atoms with Crippen molar-refractivity contribution in [2.24, 2.45) is 0 Å². The molecule has 1 aliphatic carbocycles. The zero-order chi connectivity index (χ0) is 17.8. The second kappa shape index (κ2) is 7.53. The van der Waals surface area contributed by atoms with Crippen molar-refractivity contribution < 1.29 is 9.53 Å². The van der Waals surface area contributed by atoms with Crippen LogP contribution >= 0.6 is 0 Å². The number of allylic oxidation sites excluding steroid dienone is 2. The number of esters is 1. The summed E-state index contributed by atoms with van der Waals surface area (Å²) in [5, 5.41) is 1.21. The second-order valence-electron chi connectivity index (χ2n) is 8.23. The Morgan fingerprint density at radius 1 is 1.04 bits per heavy atom. The lowest BCUT2D eigenvalue weighted by Crippen LogP contribution is -2.21. The Bertz CT molecular complexity index is 638. The van der Waals surface area contributed by atoms with Gasteiger partial charge in [0.25, 0.3) is 0 Å². The SMILES string of the molecule is CC(=O)OC(=C=C(C)[Si](C)(C)C)C1=C(C#C[Si](C)(C)C)CCC1. The van der Waals surface area contributed by atoms with Crippen LogP contribution in [-0.4, -0.2) is 22.1 Å². The van der Waals surface area contributed by atoms with Gasteiger partial charge in [-0.2, -0.15) is 0 Å². The molecule has 0 aromatic heterocycles. The molecule has 0 N–H and O–H groups in total. The minimum atomic E-state index is -1.45. The quantitative estimate of drug-likeness (QED) is 0.230. The molecule has 0 aromatic carbocycles. The van der Waals surface area contributed by atoms with Gasteiger partial charge in [-0.25, -0.2) is 0 Å². The number of carbonyl (C=O) groups excluding carboxylic acids is 1. The molecule has 0 bridgehead atoms. The Morgan fingerprint density at radius 2 is 1.65 bits per heavy atom. The monoisotopic (exact) mass is 346 g/mol. The molecule has 0 unspecified atom stereocenters. The van der Waals surface area contributed by atoms with Crippen molar-refractivity contribution in [3.8, 4) is 11.5 Å². The maximum Gasteiger partial charge on any atom is 0.308 e. The average Bonchev–Trinajstić information content (AvgIpc) is 2.81. The third-order valence-electron chi connectivity index (χ3n) is 3.75. The van der Waals surface area contributed by atoms with Crippen LogP contribution in [0.5, 0.6) is 0 Å². The van der Waals surface area contributed by atoms with Crippen LogP contribution in [-0.2, 0) is 9.53 Å². The van der Waals surface area contributed by atoms with Crippen molar-refractivity contribution in [2.45, 2.75) is 72.4 Å². The average molecular weight is 347 g/mol. The van der Waals surface area contributed by atoms with E-state index < -0.39 is 16.1 Å².